The van der Waals surface area contributed by atoms with Crippen LogP contribution in [-0.4, -0.2) is 103 Å². The van der Waals surface area contributed by atoms with E-state index in [9.17, 15) is 34.1 Å². The van der Waals surface area contributed by atoms with Gasteiger partial charge in [0.05, 0.1) is 40.0 Å². The number of likely N-dealkylation sites (N-methyl/N-ethyl adjacent to an activating group) is 1. The van der Waals surface area contributed by atoms with Crippen molar-refractivity contribution in [1.82, 2.24) is 0 Å². The van der Waals surface area contributed by atoms with Crippen molar-refractivity contribution >= 4 is 25.5 Å². The number of ketones is 1. The average molecular weight is 859 g/mol. The van der Waals surface area contributed by atoms with Crippen LogP contribution in [0.1, 0.15) is 174 Å². The van der Waals surface area contributed by atoms with Crippen LogP contribution in [-0.2, 0) is 37.5 Å². The van der Waals surface area contributed by atoms with Crippen molar-refractivity contribution in [2.45, 2.75) is 193 Å². The molecule has 13 heteroatoms. The topological polar surface area (TPSA) is 166 Å². The highest BCUT2D eigenvalue weighted by Gasteiger charge is 2.39. The SMILES string of the molecule is CCCCCCCC/C=C\CCCCCCCC(=O)OC[C@H](COP(=O)(O)OCC[N+](C)(C)C)OC(=O)CCCCCC[C@H]1[C@@H](O)CC(=O)[C@@H]1/C=C/[C@@H](O)CCCCC. The smallest absolute Gasteiger partial charge is 0.462 e. The van der Waals surface area contributed by atoms with Gasteiger partial charge in [-0.05, 0) is 57.3 Å². The molecular formula is C46H85NO11P+. The summed E-state index contributed by atoms with van der Waals surface area (Å²) < 4.78 is 34.3. The number of aliphatic hydroxyl groups is 2. The second-order valence-electron chi connectivity index (χ2n) is 17.6. The van der Waals surface area contributed by atoms with Gasteiger partial charge in [0.2, 0.25) is 0 Å². The molecule has 1 aliphatic carbocycles. The Labute approximate surface area is 358 Å². The molecule has 0 bridgehead atoms. The minimum atomic E-state index is -4.44. The van der Waals surface area contributed by atoms with Gasteiger partial charge in [-0.15, -0.1) is 0 Å². The van der Waals surface area contributed by atoms with E-state index in [4.69, 9.17) is 18.5 Å². The van der Waals surface area contributed by atoms with E-state index in [0.29, 0.717) is 36.7 Å². The minimum Gasteiger partial charge on any atom is -0.462 e. The Hall–Kier alpha value is -1.92. The zero-order chi connectivity index (χ0) is 43.8. The third-order valence-corrected chi connectivity index (χ3v) is 11.8. The van der Waals surface area contributed by atoms with Gasteiger partial charge in [-0.2, -0.15) is 0 Å². The normalized spacial score (nSPS) is 19.4. The molecule has 0 aromatic rings. The van der Waals surface area contributed by atoms with Gasteiger partial charge in [0.1, 0.15) is 25.5 Å². The molecule has 12 nitrogen and oxygen atoms in total. The summed E-state index contributed by atoms with van der Waals surface area (Å²) in [6.45, 7) is 4.03. The zero-order valence-corrected chi connectivity index (χ0v) is 38.6. The van der Waals surface area contributed by atoms with Gasteiger partial charge < -0.3 is 29.1 Å². The molecule has 0 radical (unpaired) electrons. The molecule has 0 amide bonds. The number of nitrogens with zero attached hydrogens (tertiary/aromatic N) is 1. The number of carbonyl (C=O) groups is 3. The van der Waals surface area contributed by atoms with E-state index in [-0.39, 0.29) is 44.2 Å². The van der Waals surface area contributed by atoms with Crippen molar-refractivity contribution in [3.8, 4) is 0 Å². The van der Waals surface area contributed by atoms with Crippen LogP contribution in [0.3, 0.4) is 0 Å². The van der Waals surface area contributed by atoms with Crippen LogP contribution in [0.2, 0.25) is 0 Å². The lowest BCUT2D eigenvalue weighted by atomic mass is 9.88. The highest BCUT2D eigenvalue weighted by molar-refractivity contribution is 7.47. The Kier molecular flexibility index (Phi) is 31.4. The van der Waals surface area contributed by atoms with Crippen LogP contribution >= 0.6 is 7.82 Å². The van der Waals surface area contributed by atoms with Gasteiger partial charge in [-0.3, -0.25) is 23.4 Å². The number of hydrogen-bond donors (Lipinski definition) is 3. The summed E-state index contributed by atoms with van der Waals surface area (Å²) in [4.78, 5) is 48.2. The van der Waals surface area contributed by atoms with Crippen LogP contribution in [0.25, 0.3) is 0 Å². The van der Waals surface area contributed by atoms with Gasteiger partial charge in [0, 0.05) is 25.2 Å². The van der Waals surface area contributed by atoms with Crippen LogP contribution in [0.5, 0.6) is 0 Å². The second-order valence-corrected chi connectivity index (χ2v) is 19.0. The fourth-order valence-corrected chi connectivity index (χ4v) is 7.89. The van der Waals surface area contributed by atoms with E-state index in [0.717, 1.165) is 77.0 Å². The zero-order valence-electron chi connectivity index (χ0n) is 37.7. The molecule has 0 aromatic heterocycles. The molecule has 0 saturated heterocycles. The molecule has 1 aliphatic rings. The molecule has 1 fully saturated rings. The standard InChI is InChI=1S/C46H84NO11P/c1-6-8-10-11-12-13-14-15-16-17-18-19-20-21-26-30-45(51)55-37-40(38-57-59(53,54)56-35-34-47(3,4)5)58-46(52)31-27-23-22-25-29-41-42(44(50)36-43(41)49)33-32-39(48)28-24-9-7-2/h15-16,32-33,39-43,48-49H,6-14,17-31,34-38H2,1-5H3/p+1/b16-15-,33-32+/t39-,40+,41+,42+,43-/m0/s1. The Morgan fingerprint density at radius 1 is 0.780 bits per heavy atom. The number of phosphoric ester groups is 1. The van der Waals surface area contributed by atoms with Crippen molar-refractivity contribution < 1.29 is 57.1 Å². The summed E-state index contributed by atoms with van der Waals surface area (Å²) >= 11 is 0. The number of rotatable bonds is 38. The number of Topliss-reactive ketones (excluding diaryl/α,β-unsaturated/α-hetero) is 1. The number of ether oxygens (including phenoxy) is 2. The largest absolute Gasteiger partial charge is 0.472 e. The predicted molar refractivity (Wildman–Crippen MR) is 235 cm³/mol. The number of phosphoric acid groups is 1. The van der Waals surface area contributed by atoms with E-state index in [1.54, 1.807) is 12.2 Å². The lowest BCUT2D eigenvalue weighted by molar-refractivity contribution is -0.870. The maximum atomic E-state index is 12.8. The Morgan fingerprint density at radius 2 is 1.34 bits per heavy atom. The average Bonchev–Trinajstić information content (AvgIpc) is 3.44. The summed E-state index contributed by atoms with van der Waals surface area (Å²) in [5.74, 6) is -1.54. The van der Waals surface area contributed by atoms with Crippen LogP contribution in [0.4, 0.5) is 0 Å². The first-order valence-corrected chi connectivity index (χ1v) is 24.7. The lowest BCUT2D eigenvalue weighted by Gasteiger charge is -2.24. The third kappa shape index (κ3) is 30.7. The van der Waals surface area contributed by atoms with Crippen molar-refractivity contribution in [2.75, 3.05) is 47.5 Å². The maximum absolute atomic E-state index is 12.8. The quantitative estimate of drug-likeness (QED) is 0.0178. The monoisotopic (exact) mass is 859 g/mol. The molecule has 0 aromatic carbocycles. The first-order valence-electron chi connectivity index (χ1n) is 23.2. The number of unbranched alkanes of at least 4 members (excludes halogenated alkanes) is 16. The molecule has 0 aliphatic heterocycles. The van der Waals surface area contributed by atoms with Gasteiger partial charge in [-0.25, -0.2) is 4.57 Å². The van der Waals surface area contributed by atoms with Crippen molar-refractivity contribution in [3.05, 3.63) is 24.3 Å². The van der Waals surface area contributed by atoms with Gasteiger partial charge in [-0.1, -0.05) is 128 Å². The predicted octanol–water partition coefficient (Wildman–Crippen LogP) is 9.72. The first-order chi connectivity index (χ1) is 28.2. The second kappa shape index (κ2) is 33.7. The Balaban J connectivity index is 2.47. The Bertz CT molecular complexity index is 1220. The van der Waals surface area contributed by atoms with Crippen molar-refractivity contribution in [1.29, 1.82) is 0 Å². The van der Waals surface area contributed by atoms with Crippen LogP contribution in [0, 0.1) is 11.8 Å². The van der Waals surface area contributed by atoms with E-state index in [1.165, 1.54) is 38.5 Å². The minimum absolute atomic E-state index is 0.00260. The molecule has 344 valence electrons. The van der Waals surface area contributed by atoms with Crippen molar-refractivity contribution in [2.24, 2.45) is 11.8 Å². The molecule has 0 spiro atoms. The number of allylic oxidation sites excluding steroid dienone is 3. The number of carbonyl (C=O) groups excluding carboxylic acids is 3. The molecule has 1 unspecified atom stereocenters. The number of aliphatic hydroxyl groups excluding tert-OH is 2. The Morgan fingerprint density at radius 3 is 1.97 bits per heavy atom. The molecule has 0 heterocycles. The van der Waals surface area contributed by atoms with E-state index >= 15 is 0 Å². The van der Waals surface area contributed by atoms with Crippen molar-refractivity contribution in [3.63, 3.8) is 0 Å². The van der Waals surface area contributed by atoms with Crippen LogP contribution < -0.4 is 0 Å². The van der Waals surface area contributed by atoms with Gasteiger partial charge in [0.15, 0.2) is 6.10 Å². The van der Waals surface area contributed by atoms with Gasteiger partial charge in [0.25, 0.3) is 0 Å². The summed E-state index contributed by atoms with van der Waals surface area (Å²) in [6, 6.07) is 0. The fourth-order valence-electron chi connectivity index (χ4n) is 7.15. The number of quaternary nitrogens is 1. The summed E-state index contributed by atoms with van der Waals surface area (Å²) in [7, 11) is 1.33. The highest BCUT2D eigenvalue weighted by atomic mass is 31.2. The number of esters is 2. The number of hydrogen-bond acceptors (Lipinski definition) is 10. The van der Waals surface area contributed by atoms with E-state index in [1.807, 2.05) is 21.1 Å². The molecule has 1 rings (SSSR count). The molecule has 1 saturated carbocycles. The maximum Gasteiger partial charge on any atom is 0.472 e. The van der Waals surface area contributed by atoms with E-state index < -0.39 is 50.6 Å². The summed E-state index contributed by atoms with van der Waals surface area (Å²) in [5.41, 5.74) is 0. The summed E-state index contributed by atoms with van der Waals surface area (Å²) in [5, 5.41) is 20.8. The van der Waals surface area contributed by atoms with Crippen LogP contribution in [0.15, 0.2) is 24.3 Å². The first kappa shape index (κ1) is 55.1. The molecule has 6 atom stereocenters. The third-order valence-electron chi connectivity index (χ3n) is 10.9. The lowest BCUT2D eigenvalue weighted by Crippen LogP contribution is -2.37. The molecule has 59 heavy (non-hydrogen) atoms. The van der Waals surface area contributed by atoms with Gasteiger partial charge >= 0.3 is 19.8 Å². The highest BCUT2D eigenvalue weighted by Crippen LogP contribution is 2.43. The molecule has 3 N–H and O–H groups in total. The fraction of sp³-hybridized carbons (Fsp3) is 0.848. The summed E-state index contributed by atoms with van der Waals surface area (Å²) in [6.07, 6.45) is 28.4. The molecular weight excluding hydrogens is 773 g/mol. The van der Waals surface area contributed by atoms with E-state index in [2.05, 4.69) is 26.0 Å².